The monoisotopic (exact) mass is 377 g/mol. The minimum Gasteiger partial charge on any atom is -0.372 e. The van der Waals surface area contributed by atoms with E-state index in [-0.39, 0.29) is 5.91 Å². The fourth-order valence-electron chi connectivity index (χ4n) is 3.40. The number of nitrogens with zero attached hydrogens (tertiary/aromatic N) is 2. The Morgan fingerprint density at radius 2 is 1.56 bits per heavy atom. The van der Waals surface area contributed by atoms with Gasteiger partial charge in [0.05, 0.1) is 5.75 Å². The Balaban J connectivity index is 1.45. The second-order valence-corrected chi connectivity index (χ2v) is 8.35. The zero-order chi connectivity index (χ0) is 17.5. The molecule has 25 heavy (non-hydrogen) atoms. The van der Waals surface area contributed by atoms with Crippen LogP contribution in [0.2, 0.25) is 0 Å². The Bertz CT molecular complexity index is 577. The number of hydrogen-bond acceptors (Lipinski definition) is 4. The van der Waals surface area contributed by atoms with Crippen molar-refractivity contribution in [1.29, 1.82) is 0 Å². The summed E-state index contributed by atoms with van der Waals surface area (Å²) < 4.78 is 0.851. The molecule has 0 aliphatic carbocycles. The van der Waals surface area contributed by atoms with E-state index in [0.29, 0.717) is 5.75 Å². The lowest BCUT2D eigenvalue weighted by molar-refractivity contribution is -0.113. The molecule has 2 aliphatic heterocycles. The number of nitrogens with one attached hydrogen (secondary N) is 1. The number of thioether (sulfide) groups is 1. The van der Waals surface area contributed by atoms with Crippen molar-refractivity contribution in [2.75, 3.05) is 42.1 Å². The molecule has 2 heterocycles. The lowest BCUT2D eigenvalue weighted by Gasteiger charge is -2.22. The van der Waals surface area contributed by atoms with Gasteiger partial charge in [0.1, 0.15) is 4.32 Å². The summed E-state index contributed by atoms with van der Waals surface area (Å²) in [5.41, 5.74) is 2.11. The molecule has 0 bridgehead atoms. The van der Waals surface area contributed by atoms with Gasteiger partial charge in [0.2, 0.25) is 5.91 Å². The summed E-state index contributed by atoms with van der Waals surface area (Å²) in [4.78, 5) is 16.8. The van der Waals surface area contributed by atoms with Gasteiger partial charge in [-0.15, -0.1) is 0 Å². The quantitative estimate of drug-likeness (QED) is 0.799. The summed E-state index contributed by atoms with van der Waals surface area (Å²) >= 11 is 6.87. The zero-order valence-corrected chi connectivity index (χ0v) is 16.3. The summed E-state index contributed by atoms with van der Waals surface area (Å²) in [6.45, 7) is 4.34. The summed E-state index contributed by atoms with van der Waals surface area (Å²) in [6.07, 6.45) is 7.62. The van der Waals surface area contributed by atoms with Crippen LogP contribution in [0.25, 0.3) is 0 Å². The molecule has 1 amide bonds. The van der Waals surface area contributed by atoms with Crippen LogP contribution in [-0.4, -0.2) is 47.1 Å². The molecule has 1 aromatic rings. The lowest BCUT2D eigenvalue weighted by Crippen LogP contribution is -2.25. The molecule has 2 fully saturated rings. The number of thiocarbonyl (C=S) groups is 1. The standard InChI is InChI=1S/C19H27N3OS2/c23-18(15-25-19(24)22-13-5-6-14-22)20-16-7-9-17(10-8-16)21-11-3-1-2-4-12-21/h7-10H,1-6,11-15H2,(H,20,23). The first kappa shape index (κ1) is 18.5. The van der Waals surface area contributed by atoms with Gasteiger partial charge in [0, 0.05) is 37.6 Å². The molecule has 0 spiro atoms. The molecule has 136 valence electrons. The van der Waals surface area contributed by atoms with Crippen molar-refractivity contribution in [2.24, 2.45) is 0 Å². The van der Waals surface area contributed by atoms with Crippen LogP contribution in [0, 0.1) is 0 Å². The highest BCUT2D eigenvalue weighted by molar-refractivity contribution is 8.23. The number of amides is 1. The first-order chi connectivity index (χ1) is 12.2. The van der Waals surface area contributed by atoms with E-state index in [1.807, 2.05) is 12.1 Å². The van der Waals surface area contributed by atoms with Gasteiger partial charge >= 0.3 is 0 Å². The van der Waals surface area contributed by atoms with E-state index in [4.69, 9.17) is 12.2 Å². The van der Waals surface area contributed by atoms with Gasteiger partial charge in [-0.3, -0.25) is 4.79 Å². The van der Waals surface area contributed by atoms with E-state index < -0.39 is 0 Å². The van der Waals surface area contributed by atoms with Gasteiger partial charge in [-0.05, 0) is 49.9 Å². The van der Waals surface area contributed by atoms with Crippen molar-refractivity contribution in [3.63, 3.8) is 0 Å². The lowest BCUT2D eigenvalue weighted by atomic mass is 10.2. The molecule has 1 N–H and O–H groups in total. The van der Waals surface area contributed by atoms with Gasteiger partial charge in [-0.2, -0.15) is 0 Å². The molecule has 1 aromatic carbocycles. The topological polar surface area (TPSA) is 35.6 Å². The van der Waals surface area contributed by atoms with Crippen molar-refractivity contribution < 1.29 is 4.79 Å². The molecule has 6 heteroatoms. The Hall–Kier alpha value is -1.27. The summed E-state index contributed by atoms with van der Waals surface area (Å²) in [6, 6.07) is 8.23. The maximum absolute atomic E-state index is 12.1. The fraction of sp³-hybridized carbons (Fsp3) is 0.579. The van der Waals surface area contributed by atoms with Crippen LogP contribution >= 0.6 is 24.0 Å². The third-order valence-corrected chi connectivity index (χ3v) is 6.34. The molecule has 4 nitrogen and oxygen atoms in total. The number of benzene rings is 1. The van der Waals surface area contributed by atoms with Crippen LogP contribution < -0.4 is 10.2 Å². The first-order valence-corrected chi connectivity index (χ1v) is 10.7. The summed E-state index contributed by atoms with van der Waals surface area (Å²) in [5, 5.41) is 2.97. The molecule has 0 radical (unpaired) electrons. The molecule has 3 rings (SSSR count). The number of hydrogen-bond donors (Lipinski definition) is 1. The highest BCUT2D eigenvalue weighted by Gasteiger charge is 2.16. The number of carbonyl (C=O) groups is 1. The second-order valence-electron chi connectivity index (χ2n) is 6.75. The normalized spacial score (nSPS) is 18.1. The highest BCUT2D eigenvalue weighted by Crippen LogP contribution is 2.22. The molecular formula is C19H27N3OS2. The molecular weight excluding hydrogens is 350 g/mol. The third-order valence-electron chi connectivity index (χ3n) is 4.81. The van der Waals surface area contributed by atoms with E-state index in [0.717, 1.165) is 36.2 Å². The van der Waals surface area contributed by atoms with Gasteiger partial charge in [0.25, 0.3) is 0 Å². The second kappa shape index (κ2) is 9.43. The molecule has 2 saturated heterocycles. The van der Waals surface area contributed by atoms with Crippen LogP contribution in [0.1, 0.15) is 38.5 Å². The smallest absolute Gasteiger partial charge is 0.234 e. The van der Waals surface area contributed by atoms with Crippen LogP contribution in [-0.2, 0) is 4.79 Å². The molecule has 0 saturated carbocycles. The largest absolute Gasteiger partial charge is 0.372 e. The number of anilines is 2. The Kier molecular flexibility index (Phi) is 6.99. The molecule has 0 aromatic heterocycles. The van der Waals surface area contributed by atoms with E-state index in [2.05, 4.69) is 27.2 Å². The third kappa shape index (κ3) is 5.61. The van der Waals surface area contributed by atoms with E-state index in [1.165, 1.54) is 56.0 Å². The van der Waals surface area contributed by atoms with E-state index in [1.54, 1.807) is 0 Å². The van der Waals surface area contributed by atoms with Crippen molar-refractivity contribution in [3.05, 3.63) is 24.3 Å². The van der Waals surface area contributed by atoms with Crippen LogP contribution in [0.4, 0.5) is 11.4 Å². The number of rotatable bonds is 4. The summed E-state index contributed by atoms with van der Waals surface area (Å²) in [5.74, 6) is 0.387. The predicted molar refractivity (Wildman–Crippen MR) is 112 cm³/mol. The highest BCUT2D eigenvalue weighted by atomic mass is 32.2. The fourth-order valence-corrected chi connectivity index (χ4v) is 4.45. The number of likely N-dealkylation sites (tertiary alicyclic amines) is 1. The zero-order valence-electron chi connectivity index (χ0n) is 14.7. The molecule has 0 atom stereocenters. The molecule has 0 unspecified atom stereocenters. The SMILES string of the molecule is O=C(CSC(=S)N1CCCC1)Nc1ccc(N2CCCCCC2)cc1. The van der Waals surface area contributed by atoms with Crippen LogP contribution in [0.15, 0.2) is 24.3 Å². The average Bonchev–Trinajstić information content (AvgIpc) is 3.03. The predicted octanol–water partition coefficient (Wildman–Crippen LogP) is 4.12. The van der Waals surface area contributed by atoms with Crippen molar-refractivity contribution in [3.8, 4) is 0 Å². The first-order valence-electron chi connectivity index (χ1n) is 9.29. The van der Waals surface area contributed by atoms with Crippen molar-refractivity contribution in [1.82, 2.24) is 4.90 Å². The Morgan fingerprint density at radius 1 is 0.960 bits per heavy atom. The minimum absolute atomic E-state index is 0.00840. The Morgan fingerprint density at radius 3 is 2.20 bits per heavy atom. The van der Waals surface area contributed by atoms with E-state index in [9.17, 15) is 4.79 Å². The summed E-state index contributed by atoms with van der Waals surface area (Å²) in [7, 11) is 0. The van der Waals surface area contributed by atoms with Gasteiger partial charge < -0.3 is 15.1 Å². The van der Waals surface area contributed by atoms with Crippen LogP contribution in [0.3, 0.4) is 0 Å². The van der Waals surface area contributed by atoms with Gasteiger partial charge in [-0.25, -0.2) is 0 Å². The molecule has 2 aliphatic rings. The maximum Gasteiger partial charge on any atom is 0.234 e. The average molecular weight is 378 g/mol. The van der Waals surface area contributed by atoms with Gasteiger partial charge in [0.15, 0.2) is 0 Å². The van der Waals surface area contributed by atoms with Gasteiger partial charge in [-0.1, -0.05) is 36.8 Å². The van der Waals surface area contributed by atoms with Crippen LogP contribution in [0.5, 0.6) is 0 Å². The Labute approximate surface area is 160 Å². The van der Waals surface area contributed by atoms with E-state index >= 15 is 0 Å². The number of carbonyl (C=O) groups excluding carboxylic acids is 1. The van der Waals surface area contributed by atoms with Crippen molar-refractivity contribution >= 4 is 45.6 Å². The van der Waals surface area contributed by atoms with Crippen molar-refractivity contribution in [2.45, 2.75) is 38.5 Å². The maximum atomic E-state index is 12.1. The minimum atomic E-state index is 0.00840.